The standard InChI is InChI=1S/C43H46N8O6/c1-26(2)36(48-42(54)56-3)40(52)50-22-8-12-34(50)38-44-24-32(46-38)29-18-14-27(15-19-29)28-16-20-30(21-17-28)33-25-45-39(47-33)35-13-9-23-51(35)41(53)37(49-43(55)57-4)31-10-6-5-7-11-31/h5-7,9-11,13-21,24-26,34-37H,8,12,22-23H2,1-4H3,(H,44,46)(H,45,47)(H,48,54)(H,49,55)/t34-,35?,36-,37+/m0/s1. The molecule has 4 heterocycles. The highest BCUT2D eigenvalue weighted by atomic mass is 16.5. The maximum atomic E-state index is 13.8. The SMILES string of the molecule is COC(=O)N[C@H](C(=O)N1CCC[C@H]1c1ncc(-c2ccc(-c3ccc(-c4cnc(C5C=CCN5C(=O)[C@H](NC(=O)OC)c5ccccc5)[nH]4)cc3)cc2)[nH]1)C(C)C. The fraction of sp³-hybridized carbons (Fsp3) is 0.302. The van der Waals surface area contributed by atoms with Crippen molar-refractivity contribution in [2.45, 2.75) is 50.9 Å². The molecule has 1 fully saturated rings. The van der Waals surface area contributed by atoms with Gasteiger partial charge in [-0.1, -0.05) is 105 Å². The zero-order valence-corrected chi connectivity index (χ0v) is 32.3. The summed E-state index contributed by atoms with van der Waals surface area (Å²) in [5.41, 5.74) is 6.29. The smallest absolute Gasteiger partial charge is 0.407 e. The van der Waals surface area contributed by atoms with Crippen molar-refractivity contribution in [1.82, 2.24) is 40.4 Å². The molecule has 7 rings (SSSR count). The Balaban J connectivity index is 1.01. The number of hydrogen-bond acceptors (Lipinski definition) is 8. The third-order valence-electron chi connectivity index (χ3n) is 10.5. The molecule has 2 aliphatic rings. The average molecular weight is 771 g/mol. The quantitative estimate of drug-likeness (QED) is 0.107. The molecule has 4 N–H and O–H groups in total. The first kappa shape index (κ1) is 38.6. The molecule has 5 aromatic rings. The van der Waals surface area contributed by atoms with Gasteiger partial charge < -0.3 is 39.9 Å². The summed E-state index contributed by atoms with van der Waals surface area (Å²) in [5.74, 6) is 0.796. The number of aromatic amines is 2. The van der Waals surface area contributed by atoms with Crippen LogP contribution in [0.5, 0.6) is 0 Å². The first-order valence-electron chi connectivity index (χ1n) is 19.0. The van der Waals surface area contributed by atoms with Gasteiger partial charge in [-0.25, -0.2) is 19.6 Å². The van der Waals surface area contributed by atoms with E-state index in [9.17, 15) is 19.2 Å². The van der Waals surface area contributed by atoms with Gasteiger partial charge in [0, 0.05) is 13.1 Å². The van der Waals surface area contributed by atoms with Crippen LogP contribution in [-0.4, -0.2) is 87.1 Å². The molecular formula is C43H46N8O6. The number of rotatable bonds is 11. The summed E-state index contributed by atoms with van der Waals surface area (Å²) in [6.45, 7) is 4.75. The number of imidazole rings is 2. The summed E-state index contributed by atoms with van der Waals surface area (Å²) in [5, 5.41) is 5.37. The first-order chi connectivity index (χ1) is 27.6. The van der Waals surface area contributed by atoms with E-state index in [1.54, 1.807) is 34.3 Å². The number of aromatic nitrogens is 4. The molecule has 0 radical (unpaired) electrons. The fourth-order valence-corrected chi connectivity index (χ4v) is 7.43. The van der Waals surface area contributed by atoms with Crippen molar-refractivity contribution in [3.63, 3.8) is 0 Å². The van der Waals surface area contributed by atoms with E-state index in [2.05, 4.69) is 54.8 Å². The Morgan fingerprint density at radius 3 is 1.88 bits per heavy atom. The molecule has 1 unspecified atom stereocenters. The molecule has 2 aliphatic heterocycles. The van der Waals surface area contributed by atoms with Gasteiger partial charge in [0.05, 0.1) is 44.0 Å². The lowest BCUT2D eigenvalue weighted by Gasteiger charge is -2.30. The maximum Gasteiger partial charge on any atom is 0.407 e. The molecule has 14 nitrogen and oxygen atoms in total. The number of ether oxygens (including phenoxy) is 2. The minimum Gasteiger partial charge on any atom is -0.453 e. The second-order valence-corrected chi connectivity index (χ2v) is 14.4. The minimum absolute atomic E-state index is 0.110. The molecule has 1 saturated heterocycles. The summed E-state index contributed by atoms with van der Waals surface area (Å²) >= 11 is 0. The average Bonchev–Trinajstić information content (AvgIpc) is 4.09. The van der Waals surface area contributed by atoms with Crippen molar-refractivity contribution in [2.75, 3.05) is 27.3 Å². The molecule has 4 amide bonds. The van der Waals surface area contributed by atoms with Gasteiger partial charge in [0.15, 0.2) is 0 Å². The Hall–Kier alpha value is -6.70. The second kappa shape index (κ2) is 17.0. The Bertz CT molecular complexity index is 2230. The summed E-state index contributed by atoms with van der Waals surface area (Å²) in [4.78, 5) is 71.1. The van der Waals surface area contributed by atoms with Gasteiger partial charge in [-0.3, -0.25) is 9.59 Å². The van der Waals surface area contributed by atoms with Gasteiger partial charge in [-0.05, 0) is 46.6 Å². The Morgan fingerprint density at radius 1 is 0.719 bits per heavy atom. The van der Waals surface area contributed by atoms with Gasteiger partial charge >= 0.3 is 12.2 Å². The normalized spacial score (nSPS) is 17.4. The Morgan fingerprint density at radius 2 is 1.28 bits per heavy atom. The number of carbonyl (C=O) groups excluding carboxylic acids is 4. The van der Waals surface area contributed by atoms with Gasteiger partial charge in [-0.15, -0.1) is 0 Å². The van der Waals surface area contributed by atoms with Crippen LogP contribution in [0.25, 0.3) is 33.6 Å². The monoisotopic (exact) mass is 770 g/mol. The second-order valence-electron chi connectivity index (χ2n) is 14.4. The van der Waals surface area contributed by atoms with E-state index in [4.69, 9.17) is 9.47 Å². The largest absolute Gasteiger partial charge is 0.453 e. The number of amides is 4. The van der Waals surface area contributed by atoms with Crippen LogP contribution in [-0.2, 0) is 19.1 Å². The number of likely N-dealkylation sites (tertiary alicyclic amines) is 1. The highest BCUT2D eigenvalue weighted by Gasteiger charge is 2.38. The summed E-state index contributed by atoms with van der Waals surface area (Å²) in [6, 6.07) is 23.2. The number of H-pyrrole nitrogens is 2. The van der Waals surface area contributed by atoms with E-state index in [0.29, 0.717) is 30.3 Å². The van der Waals surface area contributed by atoms with Crippen molar-refractivity contribution >= 4 is 24.0 Å². The number of hydrogen-bond donors (Lipinski definition) is 4. The number of nitrogens with zero attached hydrogens (tertiary/aromatic N) is 4. The number of nitrogens with one attached hydrogen (secondary N) is 4. The first-order valence-corrected chi connectivity index (χ1v) is 19.0. The summed E-state index contributed by atoms with van der Waals surface area (Å²) < 4.78 is 9.56. The minimum atomic E-state index is -0.920. The lowest BCUT2D eigenvalue weighted by molar-refractivity contribution is -0.135. The van der Waals surface area contributed by atoms with Crippen LogP contribution >= 0.6 is 0 Å². The van der Waals surface area contributed by atoms with Crippen molar-refractivity contribution in [1.29, 1.82) is 0 Å². The lowest BCUT2D eigenvalue weighted by Crippen LogP contribution is -2.51. The zero-order valence-electron chi connectivity index (χ0n) is 32.3. The molecule has 0 bridgehead atoms. The number of alkyl carbamates (subject to hydrolysis) is 2. The predicted octanol–water partition coefficient (Wildman–Crippen LogP) is 6.71. The zero-order chi connectivity index (χ0) is 40.1. The lowest BCUT2D eigenvalue weighted by atomic mass is 10.0. The van der Waals surface area contributed by atoms with Crippen molar-refractivity contribution in [3.8, 4) is 33.6 Å². The summed E-state index contributed by atoms with van der Waals surface area (Å²) in [6.07, 6.45) is 7.70. The van der Waals surface area contributed by atoms with Gasteiger partial charge in [-0.2, -0.15) is 0 Å². The van der Waals surface area contributed by atoms with Crippen LogP contribution in [0, 0.1) is 5.92 Å². The van der Waals surface area contributed by atoms with Crippen molar-refractivity contribution in [3.05, 3.63) is 121 Å². The van der Waals surface area contributed by atoms with E-state index in [0.717, 1.165) is 46.5 Å². The van der Waals surface area contributed by atoms with Crippen molar-refractivity contribution < 1.29 is 28.7 Å². The van der Waals surface area contributed by atoms with Crippen LogP contribution in [0.15, 0.2) is 103 Å². The number of carbonyl (C=O) groups is 4. The van der Waals surface area contributed by atoms with Gasteiger partial charge in [0.25, 0.3) is 5.91 Å². The molecular weight excluding hydrogens is 725 g/mol. The number of benzene rings is 3. The van der Waals surface area contributed by atoms with Gasteiger partial charge in [0.2, 0.25) is 5.91 Å². The fourth-order valence-electron chi connectivity index (χ4n) is 7.43. The molecule has 0 spiro atoms. The third-order valence-corrected chi connectivity index (χ3v) is 10.5. The molecule has 3 aromatic carbocycles. The van der Waals surface area contributed by atoms with Crippen LogP contribution in [0.3, 0.4) is 0 Å². The van der Waals surface area contributed by atoms with Crippen LogP contribution < -0.4 is 10.6 Å². The van der Waals surface area contributed by atoms with E-state index in [1.807, 2.05) is 68.5 Å². The molecule has 14 heteroatoms. The number of methoxy groups -OCH3 is 2. The van der Waals surface area contributed by atoms with E-state index < -0.39 is 30.3 Å². The maximum absolute atomic E-state index is 13.8. The highest BCUT2D eigenvalue weighted by Crippen LogP contribution is 2.34. The van der Waals surface area contributed by atoms with Crippen LogP contribution in [0.4, 0.5) is 9.59 Å². The molecule has 2 aromatic heterocycles. The molecule has 0 saturated carbocycles. The Labute approximate surface area is 330 Å². The molecule has 0 aliphatic carbocycles. The van der Waals surface area contributed by atoms with Gasteiger partial charge in [0.1, 0.15) is 29.8 Å². The van der Waals surface area contributed by atoms with Crippen LogP contribution in [0.2, 0.25) is 0 Å². The van der Waals surface area contributed by atoms with Crippen molar-refractivity contribution in [2.24, 2.45) is 5.92 Å². The van der Waals surface area contributed by atoms with E-state index >= 15 is 0 Å². The van der Waals surface area contributed by atoms with E-state index in [-0.39, 0.29) is 23.8 Å². The summed E-state index contributed by atoms with van der Waals surface area (Å²) in [7, 11) is 2.55. The Kier molecular flexibility index (Phi) is 11.5. The molecule has 4 atom stereocenters. The third kappa shape index (κ3) is 8.30. The topological polar surface area (TPSA) is 175 Å². The highest BCUT2D eigenvalue weighted by molar-refractivity contribution is 5.88. The van der Waals surface area contributed by atoms with Crippen LogP contribution in [0.1, 0.15) is 62.0 Å². The van der Waals surface area contributed by atoms with E-state index in [1.165, 1.54) is 14.2 Å². The molecule has 294 valence electrons. The predicted molar refractivity (Wildman–Crippen MR) is 213 cm³/mol. The molecule has 57 heavy (non-hydrogen) atoms.